The highest BCUT2D eigenvalue weighted by atomic mass is 19.4. The van der Waals surface area contributed by atoms with Gasteiger partial charge >= 0.3 is 12.1 Å². The van der Waals surface area contributed by atoms with Crippen molar-refractivity contribution >= 4 is 11.8 Å². The summed E-state index contributed by atoms with van der Waals surface area (Å²) in [6.45, 7) is 4.29. The summed E-state index contributed by atoms with van der Waals surface area (Å²) in [7, 11) is 0. The van der Waals surface area contributed by atoms with E-state index in [-0.39, 0.29) is 17.7 Å². The van der Waals surface area contributed by atoms with E-state index in [1.807, 2.05) is 13.8 Å². The molecule has 0 aliphatic carbocycles. The van der Waals surface area contributed by atoms with E-state index in [4.69, 9.17) is 5.11 Å². The van der Waals surface area contributed by atoms with Crippen LogP contribution in [-0.2, 0) is 11.0 Å². The molecule has 21 heavy (non-hydrogen) atoms. The van der Waals surface area contributed by atoms with E-state index in [1.54, 1.807) is 0 Å². The number of alkyl halides is 3. The topological polar surface area (TPSA) is 62.2 Å². The van der Waals surface area contributed by atoms with E-state index < -0.39 is 17.8 Å². The van der Waals surface area contributed by atoms with Gasteiger partial charge in [0.15, 0.2) is 0 Å². The summed E-state index contributed by atoms with van der Waals surface area (Å²) < 4.78 is 37.5. The third kappa shape index (κ3) is 6.46. The molecule has 0 spiro atoms. The van der Waals surface area contributed by atoms with Crippen molar-refractivity contribution in [2.75, 3.05) is 11.9 Å². The number of halogens is 3. The maximum Gasteiger partial charge on any atom is 0.433 e. The molecule has 0 bridgehead atoms. The summed E-state index contributed by atoms with van der Waals surface area (Å²) in [5.74, 6) is -0.686. The van der Waals surface area contributed by atoms with Gasteiger partial charge in [0.1, 0.15) is 11.5 Å². The molecule has 0 aliphatic heterocycles. The van der Waals surface area contributed by atoms with Crippen LogP contribution in [0.4, 0.5) is 19.0 Å². The summed E-state index contributed by atoms with van der Waals surface area (Å²) in [6, 6.07) is 3.69. The molecule has 0 aromatic carbocycles. The number of carboxylic acids is 1. The first-order valence-corrected chi connectivity index (χ1v) is 6.60. The maximum absolute atomic E-state index is 12.5. The van der Waals surface area contributed by atoms with Crippen LogP contribution in [0.1, 0.15) is 38.8 Å². The molecule has 0 atom stereocenters. The Morgan fingerprint density at radius 1 is 1.29 bits per heavy atom. The molecule has 0 aliphatic rings. The second-order valence-corrected chi connectivity index (χ2v) is 5.64. The normalized spacial score (nSPS) is 12.2. The molecule has 0 fully saturated rings. The van der Waals surface area contributed by atoms with Gasteiger partial charge in [-0.05, 0) is 30.4 Å². The lowest BCUT2D eigenvalue weighted by Gasteiger charge is -2.24. The zero-order chi connectivity index (χ0) is 16.1. The van der Waals surface area contributed by atoms with Gasteiger partial charge in [0.2, 0.25) is 0 Å². The molecule has 4 nitrogen and oxygen atoms in total. The lowest BCUT2D eigenvalue weighted by atomic mass is 9.84. The molecule has 0 radical (unpaired) electrons. The standard InChI is InChI=1S/C14H19F3N2O2/c1-13(2,7-6-12(20)21)8-9-18-11-5-3-4-10(19-11)14(15,16)17/h3-5H,6-9H2,1-2H3,(H,18,19)(H,20,21). The Hall–Kier alpha value is -1.79. The molecule has 1 heterocycles. The lowest BCUT2D eigenvalue weighted by molar-refractivity contribution is -0.141. The molecule has 0 unspecified atom stereocenters. The number of aliphatic carboxylic acids is 1. The Morgan fingerprint density at radius 3 is 2.52 bits per heavy atom. The minimum absolute atomic E-state index is 0.0782. The van der Waals surface area contributed by atoms with Gasteiger partial charge in [0.05, 0.1) is 0 Å². The number of anilines is 1. The Labute approximate surface area is 121 Å². The average Bonchev–Trinajstić information content (AvgIpc) is 2.36. The van der Waals surface area contributed by atoms with Gasteiger partial charge in [-0.2, -0.15) is 13.2 Å². The van der Waals surface area contributed by atoms with Crippen LogP contribution < -0.4 is 5.32 Å². The molecule has 0 saturated heterocycles. The number of carboxylic acid groups (broad SMARTS) is 1. The highest BCUT2D eigenvalue weighted by Gasteiger charge is 2.32. The highest BCUT2D eigenvalue weighted by Crippen LogP contribution is 2.29. The quantitative estimate of drug-likeness (QED) is 0.804. The largest absolute Gasteiger partial charge is 0.481 e. The molecule has 1 aromatic rings. The summed E-state index contributed by atoms with van der Waals surface area (Å²) in [4.78, 5) is 14.0. The number of pyridine rings is 1. The molecule has 1 rings (SSSR count). The predicted molar refractivity (Wildman–Crippen MR) is 73.0 cm³/mol. The lowest BCUT2D eigenvalue weighted by Crippen LogP contribution is -2.19. The average molecular weight is 304 g/mol. The Bertz CT molecular complexity index is 487. The monoisotopic (exact) mass is 304 g/mol. The number of aromatic nitrogens is 1. The molecule has 0 saturated carbocycles. The van der Waals surface area contributed by atoms with E-state index in [2.05, 4.69) is 10.3 Å². The predicted octanol–water partition coefficient (Wildman–Crippen LogP) is 3.79. The van der Waals surface area contributed by atoms with Crippen LogP contribution in [0.3, 0.4) is 0 Å². The highest BCUT2D eigenvalue weighted by molar-refractivity contribution is 5.66. The van der Waals surface area contributed by atoms with Crippen LogP contribution in [-0.4, -0.2) is 22.6 Å². The number of carbonyl (C=O) groups is 1. The van der Waals surface area contributed by atoms with Crippen LogP contribution >= 0.6 is 0 Å². The molecule has 7 heteroatoms. The van der Waals surface area contributed by atoms with E-state index in [9.17, 15) is 18.0 Å². The first kappa shape index (κ1) is 17.3. The fourth-order valence-corrected chi connectivity index (χ4v) is 1.79. The van der Waals surface area contributed by atoms with Crippen LogP contribution in [0, 0.1) is 5.41 Å². The summed E-state index contributed by atoms with van der Waals surface area (Å²) in [5.41, 5.74) is -1.13. The second-order valence-electron chi connectivity index (χ2n) is 5.64. The van der Waals surface area contributed by atoms with Crippen LogP contribution in [0.15, 0.2) is 18.2 Å². The van der Waals surface area contributed by atoms with Crippen molar-refractivity contribution in [1.29, 1.82) is 0 Å². The molecule has 0 amide bonds. The second kappa shape index (κ2) is 6.78. The number of hydrogen-bond acceptors (Lipinski definition) is 3. The fraction of sp³-hybridized carbons (Fsp3) is 0.571. The van der Waals surface area contributed by atoms with Crippen LogP contribution in [0.25, 0.3) is 0 Å². The number of rotatable bonds is 7. The van der Waals surface area contributed by atoms with Crippen molar-refractivity contribution in [3.63, 3.8) is 0 Å². The number of nitrogens with zero attached hydrogens (tertiary/aromatic N) is 1. The van der Waals surface area contributed by atoms with Crippen molar-refractivity contribution in [3.05, 3.63) is 23.9 Å². The van der Waals surface area contributed by atoms with Gasteiger partial charge in [0, 0.05) is 13.0 Å². The molecule has 1 aromatic heterocycles. The number of hydrogen-bond donors (Lipinski definition) is 2. The summed E-state index contributed by atoms with van der Waals surface area (Å²) in [5, 5.41) is 11.5. The Balaban J connectivity index is 2.51. The van der Waals surface area contributed by atoms with Gasteiger partial charge in [-0.3, -0.25) is 4.79 Å². The van der Waals surface area contributed by atoms with E-state index in [0.29, 0.717) is 19.4 Å². The van der Waals surface area contributed by atoms with Crippen molar-refractivity contribution in [3.8, 4) is 0 Å². The van der Waals surface area contributed by atoms with Gasteiger partial charge < -0.3 is 10.4 Å². The molecular weight excluding hydrogens is 285 g/mol. The molecule has 2 N–H and O–H groups in total. The third-order valence-electron chi connectivity index (χ3n) is 3.16. The fourth-order valence-electron chi connectivity index (χ4n) is 1.79. The third-order valence-corrected chi connectivity index (χ3v) is 3.16. The van der Waals surface area contributed by atoms with E-state index in [1.165, 1.54) is 12.1 Å². The van der Waals surface area contributed by atoms with Gasteiger partial charge in [-0.1, -0.05) is 19.9 Å². The van der Waals surface area contributed by atoms with Gasteiger partial charge in [-0.25, -0.2) is 4.98 Å². The zero-order valence-electron chi connectivity index (χ0n) is 12.0. The number of nitrogens with one attached hydrogen (secondary N) is 1. The van der Waals surface area contributed by atoms with Crippen molar-refractivity contribution < 1.29 is 23.1 Å². The first-order valence-electron chi connectivity index (χ1n) is 6.60. The Kier molecular flexibility index (Phi) is 5.57. The van der Waals surface area contributed by atoms with Gasteiger partial charge in [0.25, 0.3) is 0 Å². The molecular formula is C14H19F3N2O2. The van der Waals surface area contributed by atoms with E-state index >= 15 is 0 Å². The smallest absolute Gasteiger partial charge is 0.433 e. The zero-order valence-corrected chi connectivity index (χ0v) is 12.0. The molecule has 118 valence electrons. The summed E-state index contributed by atoms with van der Waals surface area (Å²) >= 11 is 0. The van der Waals surface area contributed by atoms with Crippen molar-refractivity contribution in [2.24, 2.45) is 5.41 Å². The van der Waals surface area contributed by atoms with Crippen molar-refractivity contribution in [1.82, 2.24) is 4.98 Å². The minimum atomic E-state index is -4.46. The first-order chi connectivity index (χ1) is 9.60. The Morgan fingerprint density at radius 2 is 1.95 bits per heavy atom. The van der Waals surface area contributed by atoms with Crippen molar-refractivity contribution in [2.45, 2.75) is 39.3 Å². The van der Waals surface area contributed by atoms with Gasteiger partial charge in [-0.15, -0.1) is 0 Å². The van der Waals surface area contributed by atoms with Crippen LogP contribution in [0.5, 0.6) is 0 Å². The SMILES string of the molecule is CC(C)(CCNc1cccc(C(F)(F)F)n1)CCC(=O)O. The van der Waals surface area contributed by atoms with E-state index in [0.717, 1.165) is 6.07 Å². The summed E-state index contributed by atoms with van der Waals surface area (Å²) in [6.07, 6.45) is -3.23. The minimum Gasteiger partial charge on any atom is -0.481 e. The van der Waals surface area contributed by atoms with Crippen LogP contribution in [0.2, 0.25) is 0 Å². The maximum atomic E-state index is 12.5.